The summed E-state index contributed by atoms with van der Waals surface area (Å²) in [5.74, 6) is -0.103. The fourth-order valence-electron chi connectivity index (χ4n) is 6.62. The number of carbonyl (C=O) groups excluding carboxylic acids is 2. The highest BCUT2D eigenvalue weighted by Gasteiger charge is 2.26. The van der Waals surface area contributed by atoms with E-state index in [9.17, 15) is 19.8 Å². The molecule has 3 aromatic carbocycles. The van der Waals surface area contributed by atoms with Gasteiger partial charge in [0.2, 0.25) is 0 Å². The standard InChI is InChI=1S/C43H56O6/c1-7-8-9-10-32-13-16-35(17-14-32)36-19-21-37(22-20-36)39-24-23-38-25-33(15-18-40(38)26-39)11-12-34(27-48-41(45)29(2)31(4)44)28-49-42(46)30(3)43(5,6)47/h15,18-26,31-32,34-35,44,47H,2-3,7-14,16-17,27-28H2,1,4-6H3. The van der Waals surface area contributed by atoms with Crippen molar-refractivity contribution in [2.75, 3.05) is 13.2 Å². The molecular formula is C43H56O6. The Labute approximate surface area is 293 Å². The Morgan fingerprint density at radius 1 is 0.857 bits per heavy atom. The molecule has 0 spiro atoms. The Morgan fingerprint density at radius 3 is 2.10 bits per heavy atom. The van der Waals surface area contributed by atoms with E-state index >= 15 is 0 Å². The fourth-order valence-corrected chi connectivity index (χ4v) is 6.62. The molecule has 0 amide bonds. The minimum absolute atomic E-state index is 0.0110. The van der Waals surface area contributed by atoms with E-state index in [1.165, 1.54) is 88.8 Å². The van der Waals surface area contributed by atoms with Gasteiger partial charge in [-0.1, -0.05) is 100 Å². The number of aryl methyl sites for hydroxylation is 1. The molecule has 6 nitrogen and oxygen atoms in total. The average Bonchev–Trinajstić information content (AvgIpc) is 3.10. The Balaban J connectivity index is 1.37. The lowest BCUT2D eigenvalue weighted by Crippen LogP contribution is -2.30. The zero-order valence-corrected chi connectivity index (χ0v) is 30.0. The summed E-state index contributed by atoms with van der Waals surface area (Å²) in [5.41, 5.74) is 3.51. The number of hydrogen-bond donors (Lipinski definition) is 2. The normalized spacial score (nSPS) is 17.7. The Morgan fingerprint density at radius 2 is 1.47 bits per heavy atom. The molecule has 1 fully saturated rings. The van der Waals surface area contributed by atoms with Crippen molar-refractivity contribution < 1.29 is 29.3 Å². The van der Waals surface area contributed by atoms with Crippen molar-refractivity contribution in [3.8, 4) is 11.1 Å². The van der Waals surface area contributed by atoms with E-state index in [-0.39, 0.29) is 30.3 Å². The SMILES string of the molecule is C=C(C(=O)OCC(CCc1ccc2cc(-c3ccc(C4CCC(CCCCC)CC4)cc3)ccc2c1)COC(=O)C(=C)C(C)(C)O)C(C)O. The van der Waals surface area contributed by atoms with E-state index in [4.69, 9.17) is 9.47 Å². The number of rotatable bonds is 17. The predicted molar refractivity (Wildman–Crippen MR) is 198 cm³/mol. The van der Waals surface area contributed by atoms with E-state index in [0.717, 1.165) is 22.3 Å². The van der Waals surface area contributed by atoms with Crippen molar-refractivity contribution in [3.63, 3.8) is 0 Å². The molecule has 0 saturated heterocycles. The first-order chi connectivity index (χ1) is 23.3. The van der Waals surface area contributed by atoms with Crippen LogP contribution in [0.4, 0.5) is 0 Å². The predicted octanol–water partition coefficient (Wildman–Crippen LogP) is 9.26. The Kier molecular flexibility index (Phi) is 13.8. The molecule has 49 heavy (non-hydrogen) atoms. The van der Waals surface area contributed by atoms with Gasteiger partial charge in [-0.2, -0.15) is 0 Å². The van der Waals surface area contributed by atoms with Gasteiger partial charge < -0.3 is 19.7 Å². The van der Waals surface area contributed by atoms with Gasteiger partial charge >= 0.3 is 11.9 Å². The molecule has 1 aliphatic carbocycles. The molecule has 0 radical (unpaired) electrons. The number of carbonyl (C=O) groups is 2. The molecule has 0 aromatic heterocycles. The molecule has 3 aromatic rings. The van der Waals surface area contributed by atoms with Crippen LogP contribution in [-0.2, 0) is 25.5 Å². The highest BCUT2D eigenvalue weighted by molar-refractivity contribution is 5.90. The first-order valence-corrected chi connectivity index (χ1v) is 18.1. The third-order valence-electron chi connectivity index (χ3n) is 10.2. The third-order valence-corrected chi connectivity index (χ3v) is 10.2. The number of esters is 2. The summed E-state index contributed by atoms with van der Waals surface area (Å²) in [6.45, 7) is 13.9. The van der Waals surface area contributed by atoms with Crippen LogP contribution in [0.15, 0.2) is 85.0 Å². The van der Waals surface area contributed by atoms with Crippen molar-refractivity contribution in [3.05, 3.63) is 96.1 Å². The summed E-state index contributed by atoms with van der Waals surface area (Å²) in [6, 6.07) is 22.2. The smallest absolute Gasteiger partial charge is 0.336 e. The van der Waals surface area contributed by atoms with Crippen LogP contribution in [0, 0.1) is 11.8 Å². The van der Waals surface area contributed by atoms with Gasteiger partial charge in [0.25, 0.3) is 0 Å². The van der Waals surface area contributed by atoms with Gasteiger partial charge in [0.1, 0.15) is 0 Å². The molecule has 4 rings (SSSR count). The number of ether oxygens (including phenoxy) is 2. The number of fused-ring (bicyclic) bond motifs is 1. The number of benzene rings is 3. The lowest BCUT2D eigenvalue weighted by molar-refractivity contribution is -0.145. The van der Waals surface area contributed by atoms with E-state index in [1.54, 1.807) is 0 Å². The highest BCUT2D eigenvalue weighted by atomic mass is 16.5. The summed E-state index contributed by atoms with van der Waals surface area (Å²) >= 11 is 0. The molecule has 1 aliphatic rings. The molecule has 2 N–H and O–H groups in total. The van der Waals surface area contributed by atoms with E-state index in [0.29, 0.717) is 18.8 Å². The van der Waals surface area contributed by atoms with Crippen molar-refractivity contribution in [2.45, 2.75) is 110 Å². The molecule has 2 atom stereocenters. The van der Waals surface area contributed by atoms with Gasteiger partial charge in [0.15, 0.2) is 0 Å². The van der Waals surface area contributed by atoms with Crippen LogP contribution < -0.4 is 0 Å². The van der Waals surface area contributed by atoms with Crippen molar-refractivity contribution in [1.29, 1.82) is 0 Å². The van der Waals surface area contributed by atoms with Gasteiger partial charge in [-0.25, -0.2) is 9.59 Å². The van der Waals surface area contributed by atoms with Gasteiger partial charge in [-0.05, 0) is 110 Å². The van der Waals surface area contributed by atoms with Gasteiger partial charge in [-0.15, -0.1) is 0 Å². The second-order valence-corrected chi connectivity index (χ2v) is 14.6. The molecule has 2 unspecified atom stereocenters. The van der Waals surface area contributed by atoms with Gasteiger partial charge in [-0.3, -0.25) is 0 Å². The largest absolute Gasteiger partial charge is 0.462 e. The first-order valence-electron chi connectivity index (χ1n) is 18.1. The lowest BCUT2D eigenvalue weighted by Gasteiger charge is -2.29. The third kappa shape index (κ3) is 11.1. The maximum atomic E-state index is 12.5. The Bertz CT molecular complexity index is 1570. The molecule has 6 heteroatoms. The van der Waals surface area contributed by atoms with Crippen LogP contribution in [-0.4, -0.2) is 47.1 Å². The van der Waals surface area contributed by atoms with E-state index in [2.05, 4.69) is 80.7 Å². The molecule has 0 aliphatic heterocycles. The first kappa shape index (κ1) is 38.1. The minimum Gasteiger partial charge on any atom is -0.462 e. The lowest BCUT2D eigenvalue weighted by atomic mass is 9.77. The average molecular weight is 669 g/mol. The van der Waals surface area contributed by atoms with Crippen LogP contribution in [0.3, 0.4) is 0 Å². The maximum Gasteiger partial charge on any atom is 0.336 e. The van der Waals surface area contributed by atoms with Crippen LogP contribution in [0.25, 0.3) is 21.9 Å². The quantitative estimate of drug-likeness (QED) is 0.0846. The monoisotopic (exact) mass is 668 g/mol. The maximum absolute atomic E-state index is 12.5. The second-order valence-electron chi connectivity index (χ2n) is 14.6. The minimum atomic E-state index is -1.41. The van der Waals surface area contributed by atoms with Crippen LogP contribution in [0.1, 0.15) is 103 Å². The van der Waals surface area contributed by atoms with E-state index < -0.39 is 23.6 Å². The molecular weight excluding hydrogens is 612 g/mol. The zero-order chi connectivity index (χ0) is 35.6. The summed E-state index contributed by atoms with van der Waals surface area (Å²) in [5, 5.41) is 22.1. The summed E-state index contributed by atoms with van der Waals surface area (Å²) in [4.78, 5) is 24.8. The fraction of sp³-hybridized carbons (Fsp3) is 0.488. The number of hydrogen-bond acceptors (Lipinski definition) is 6. The molecule has 264 valence electrons. The van der Waals surface area contributed by atoms with Crippen LogP contribution in [0.5, 0.6) is 0 Å². The van der Waals surface area contributed by atoms with Crippen LogP contribution >= 0.6 is 0 Å². The number of aliphatic hydroxyl groups is 2. The zero-order valence-electron chi connectivity index (χ0n) is 30.0. The molecule has 1 saturated carbocycles. The van der Waals surface area contributed by atoms with Crippen molar-refractivity contribution in [2.24, 2.45) is 11.8 Å². The van der Waals surface area contributed by atoms with Gasteiger partial charge in [0, 0.05) is 5.92 Å². The summed E-state index contributed by atoms with van der Waals surface area (Å²) in [7, 11) is 0. The van der Waals surface area contributed by atoms with Crippen molar-refractivity contribution in [1.82, 2.24) is 0 Å². The molecule has 0 heterocycles. The summed E-state index contributed by atoms with van der Waals surface area (Å²) < 4.78 is 10.8. The van der Waals surface area contributed by atoms with Crippen molar-refractivity contribution >= 4 is 22.7 Å². The Hall–Kier alpha value is -3.74. The highest BCUT2D eigenvalue weighted by Crippen LogP contribution is 2.38. The van der Waals surface area contributed by atoms with Crippen LogP contribution in [0.2, 0.25) is 0 Å². The van der Waals surface area contributed by atoms with Gasteiger partial charge in [0.05, 0.1) is 36.1 Å². The molecule has 0 bridgehead atoms. The number of unbranched alkanes of at least 4 members (excludes halogenated alkanes) is 2. The second kappa shape index (κ2) is 17.8. The number of aliphatic hydroxyl groups excluding tert-OH is 1. The van der Waals surface area contributed by atoms with E-state index in [1.807, 2.05) is 0 Å². The summed E-state index contributed by atoms with van der Waals surface area (Å²) in [6.07, 6.45) is 11.0. The topological polar surface area (TPSA) is 93.1 Å².